The van der Waals surface area contributed by atoms with Gasteiger partial charge in [-0.2, -0.15) is 0 Å². The molecule has 0 N–H and O–H groups in total. The standard InChI is InChI=1S/C6H7I/c1-2-3-4-5(7)6(2,3)4/h2-5H,1H3. The van der Waals surface area contributed by atoms with Gasteiger partial charge in [-0.15, -0.1) is 0 Å². The molecule has 0 saturated heterocycles. The van der Waals surface area contributed by atoms with Gasteiger partial charge in [-0.3, -0.25) is 0 Å². The number of alkyl halides is 1. The van der Waals surface area contributed by atoms with Crippen LogP contribution in [0.15, 0.2) is 0 Å². The Hall–Kier alpha value is 0.730. The van der Waals surface area contributed by atoms with Gasteiger partial charge < -0.3 is 0 Å². The minimum atomic E-state index is 0.987. The van der Waals surface area contributed by atoms with Crippen LogP contribution in [-0.2, 0) is 0 Å². The van der Waals surface area contributed by atoms with Crippen molar-refractivity contribution in [2.45, 2.75) is 10.8 Å². The summed E-state index contributed by atoms with van der Waals surface area (Å²) >= 11 is 2.60. The summed E-state index contributed by atoms with van der Waals surface area (Å²) in [5.41, 5.74) is 0.987. The van der Waals surface area contributed by atoms with Gasteiger partial charge in [0, 0.05) is 3.92 Å². The maximum Gasteiger partial charge on any atom is 0.0212 e. The van der Waals surface area contributed by atoms with Gasteiger partial charge in [0.2, 0.25) is 0 Å². The lowest BCUT2D eigenvalue weighted by molar-refractivity contribution is 0.663. The molecule has 1 spiro atoms. The Labute approximate surface area is 56.8 Å². The Morgan fingerprint density at radius 3 is 2.14 bits per heavy atom. The summed E-state index contributed by atoms with van der Waals surface area (Å²) in [7, 11) is 0. The fourth-order valence-corrected chi connectivity index (χ4v) is 4.80. The van der Waals surface area contributed by atoms with Gasteiger partial charge in [0.15, 0.2) is 0 Å². The Kier molecular flexibility index (Phi) is 0.333. The van der Waals surface area contributed by atoms with Crippen molar-refractivity contribution in [3.05, 3.63) is 0 Å². The molecule has 0 nitrogen and oxygen atoms in total. The van der Waals surface area contributed by atoms with E-state index in [-0.39, 0.29) is 0 Å². The van der Waals surface area contributed by atoms with E-state index in [4.69, 9.17) is 0 Å². The average molecular weight is 206 g/mol. The van der Waals surface area contributed by atoms with Crippen molar-refractivity contribution in [3.8, 4) is 0 Å². The summed E-state index contributed by atoms with van der Waals surface area (Å²) < 4.78 is 1.12. The summed E-state index contributed by atoms with van der Waals surface area (Å²) in [6.45, 7) is 2.40. The monoisotopic (exact) mass is 206 g/mol. The Balaban J connectivity index is 2.05. The molecule has 0 aromatic rings. The lowest BCUT2D eigenvalue weighted by Crippen LogP contribution is -1.80. The van der Waals surface area contributed by atoms with Crippen LogP contribution in [0, 0.1) is 23.2 Å². The van der Waals surface area contributed by atoms with Crippen LogP contribution in [-0.4, -0.2) is 3.92 Å². The van der Waals surface area contributed by atoms with Gasteiger partial charge in [-0.25, -0.2) is 0 Å². The third kappa shape index (κ3) is 0.159. The van der Waals surface area contributed by atoms with Crippen LogP contribution in [0.2, 0.25) is 0 Å². The molecule has 0 aliphatic heterocycles. The second kappa shape index (κ2) is 0.630. The lowest BCUT2D eigenvalue weighted by Gasteiger charge is -1.82. The SMILES string of the molecule is CC1C2C3C(I)C123. The lowest BCUT2D eigenvalue weighted by atomic mass is 10.2. The van der Waals surface area contributed by atoms with E-state index in [0.29, 0.717) is 0 Å². The fraction of sp³-hybridized carbons (Fsp3) is 1.00. The van der Waals surface area contributed by atoms with Crippen LogP contribution >= 0.6 is 22.6 Å². The van der Waals surface area contributed by atoms with Crippen LogP contribution in [0.3, 0.4) is 0 Å². The zero-order valence-electron chi connectivity index (χ0n) is 4.19. The largest absolute Gasteiger partial charge is 0.0816 e. The molecule has 3 rings (SSSR count). The van der Waals surface area contributed by atoms with Crippen molar-refractivity contribution in [1.82, 2.24) is 0 Å². The summed E-state index contributed by atoms with van der Waals surface area (Å²) in [6.07, 6.45) is 0. The van der Waals surface area contributed by atoms with E-state index in [9.17, 15) is 0 Å². The van der Waals surface area contributed by atoms with Gasteiger partial charge >= 0.3 is 0 Å². The van der Waals surface area contributed by atoms with E-state index in [1.165, 1.54) is 11.8 Å². The molecule has 0 heterocycles. The van der Waals surface area contributed by atoms with E-state index in [0.717, 1.165) is 15.3 Å². The number of rotatable bonds is 0. The zero-order chi connectivity index (χ0) is 4.81. The number of halogens is 1. The van der Waals surface area contributed by atoms with Crippen molar-refractivity contribution >= 4 is 22.6 Å². The number of hydrogen-bond acceptors (Lipinski definition) is 0. The second-order valence-corrected chi connectivity index (χ2v) is 4.58. The summed E-state index contributed by atoms with van der Waals surface area (Å²) in [5, 5.41) is 0. The molecule has 3 saturated carbocycles. The van der Waals surface area contributed by atoms with Crippen molar-refractivity contribution in [1.29, 1.82) is 0 Å². The molecule has 7 heavy (non-hydrogen) atoms. The van der Waals surface area contributed by atoms with E-state index in [1.807, 2.05) is 0 Å². The predicted molar refractivity (Wildman–Crippen MR) is 36.4 cm³/mol. The van der Waals surface area contributed by atoms with Crippen molar-refractivity contribution in [2.24, 2.45) is 23.2 Å². The summed E-state index contributed by atoms with van der Waals surface area (Å²) in [4.78, 5) is 0. The first-order valence-corrected chi connectivity index (χ1v) is 4.20. The second-order valence-electron chi connectivity index (χ2n) is 3.24. The van der Waals surface area contributed by atoms with Crippen LogP contribution in [0.4, 0.5) is 0 Å². The first kappa shape index (κ1) is 3.70. The van der Waals surface area contributed by atoms with Crippen LogP contribution in [0.5, 0.6) is 0 Å². The molecule has 0 radical (unpaired) electrons. The maximum absolute atomic E-state index is 2.60. The van der Waals surface area contributed by atoms with E-state index in [1.54, 1.807) is 0 Å². The third-order valence-electron chi connectivity index (χ3n) is 3.33. The minimum absolute atomic E-state index is 0.987. The van der Waals surface area contributed by atoms with E-state index in [2.05, 4.69) is 29.5 Å². The Morgan fingerprint density at radius 1 is 1.43 bits per heavy atom. The molecule has 5 atom stereocenters. The van der Waals surface area contributed by atoms with Crippen molar-refractivity contribution in [2.75, 3.05) is 0 Å². The number of hydrogen-bond donors (Lipinski definition) is 0. The molecular weight excluding hydrogens is 199 g/mol. The third-order valence-corrected chi connectivity index (χ3v) is 5.19. The normalized spacial score (nSPS) is 90.0. The highest BCUT2D eigenvalue weighted by molar-refractivity contribution is 14.1. The molecule has 0 bridgehead atoms. The smallest absolute Gasteiger partial charge is 0.0212 e. The highest BCUT2D eigenvalue weighted by Crippen LogP contribution is 3.02. The first-order valence-electron chi connectivity index (χ1n) is 2.95. The molecule has 3 fully saturated rings. The quantitative estimate of drug-likeness (QED) is 0.418. The summed E-state index contributed by atoms with van der Waals surface area (Å²) in [6, 6.07) is 0. The van der Waals surface area contributed by atoms with Crippen molar-refractivity contribution < 1.29 is 0 Å². The maximum atomic E-state index is 2.60. The fourth-order valence-electron chi connectivity index (χ4n) is 2.54. The van der Waals surface area contributed by atoms with Crippen LogP contribution in [0.1, 0.15) is 6.92 Å². The summed E-state index contributed by atoms with van der Waals surface area (Å²) in [5.74, 6) is 3.59. The van der Waals surface area contributed by atoms with Gasteiger partial charge in [-0.1, -0.05) is 29.5 Å². The highest BCUT2D eigenvalue weighted by atomic mass is 127. The first-order chi connectivity index (χ1) is 3.31. The molecule has 3 aliphatic carbocycles. The van der Waals surface area contributed by atoms with Crippen LogP contribution < -0.4 is 0 Å². The van der Waals surface area contributed by atoms with Crippen LogP contribution in [0.25, 0.3) is 0 Å². The van der Waals surface area contributed by atoms with E-state index < -0.39 is 0 Å². The van der Waals surface area contributed by atoms with Gasteiger partial charge in [0.05, 0.1) is 0 Å². The number of fused-ring (bicyclic) bond motifs is 1. The highest BCUT2D eigenvalue weighted by Gasteiger charge is 3.01. The molecule has 1 heteroatoms. The molecule has 0 aromatic heterocycles. The zero-order valence-corrected chi connectivity index (χ0v) is 6.34. The van der Waals surface area contributed by atoms with Gasteiger partial charge in [-0.05, 0) is 23.2 Å². The molecule has 5 unspecified atom stereocenters. The Bertz CT molecular complexity index is 117. The average Bonchev–Trinajstić information content (AvgIpc) is 2.44. The molecular formula is C6H7I. The minimum Gasteiger partial charge on any atom is -0.0816 e. The topological polar surface area (TPSA) is 0 Å². The van der Waals surface area contributed by atoms with Gasteiger partial charge in [0.25, 0.3) is 0 Å². The molecule has 3 aliphatic rings. The van der Waals surface area contributed by atoms with E-state index >= 15 is 0 Å². The van der Waals surface area contributed by atoms with Gasteiger partial charge in [0.1, 0.15) is 0 Å². The predicted octanol–water partition coefficient (Wildman–Crippen LogP) is 1.69. The molecule has 0 aromatic carbocycles. The molecule has 0 amide bonds. The molecule has 38 valence electrons. The van der Waals surface area contributed by atoms with Crippen molar-refractivity contribution in [3.63, 3.8) is 0 Å². The Morgan fingerprint density at radius 2 is 2.14 bits per heavy atom.